The van der Waals surface area contributed by atoms with Gasteiger partial charge in [0.05, 0.1) is 24.5 Å². The minimum Gasteiger partial charge on any atom is -0.455 e. The Labute approximate surface area is 274 Å². The van der Waals surface area contributed by atoms with Crippen molar-refractivity contribution in [1.82, 2.24) is 15.1 Å². The molecule has 2 N–H and O–H groups in total. The van der Waals surface area contributed by atoms with E-state index < -0.39 is 41.7 Å². The number of rotatable bonds is 17. The van der Waals surface area contributed by atoms with E-state index in [1.54, 1.807) is 17.1 Å². The number of allylic oxidation sites excluding steroid dienone is 1. The summed E-state index contributed by atoms with van der Waals surface area (Å²) in [5.74, 6) is -3.29. The lowest BCUT2D eigenvalue weighted by Crippen LogP contribution is -2.58. The number of carbonyl (C=O) groups excluding carboxylic acids is 4. The van der Waals surface area contributed by atoms with Crippen molar-refractivity contribution in [3.63, 3.8) is 0 Å². The first-order valence-corrected chi connectivity index (χ1v) is 16.8. The second kappa shape index (κ2) is 15.5. The van der Waals surface area contributed by atoms with Crippen molar-refractivity contribution in [2.24, 2.45) is 11.8 Å². The first-order valence-electron chi connectivity index (χ1n) is 15.9. The summed E-state index contributed by atoms with van der Waals surface area (Å²) in [4.78, 5) is 58.2. The van der Waals surface area contributed by atoms with Crippen LogP contribution in [0.3, 0.4) is 0 Å². The molecule has 3 heterocycles. The second-order valence-electron chi connectivity index (χ2n) is 12.2. The van der Waals surface area contributed by atoms with Gasteiger partial charge in [0.25, 0.3) is 0 Å². The Morgan fingerprint density at radius 1 is 1.27 bits per heavy atom. The van der Waals surface area contributed by atoms with Crippen LogP contribution >= 0.6 is 15.9 Å². The number of alkyl halides is 1. The van der Waals surface area contributed by atoms with Gasteiger partial charge in [-0.25, -0.2) is 0 Å². The smallest absolute Gasteiger partial charge is 0.313 e. The van der Waals surface area contributed by atoms with Gasteiger partial charge >= 0.3 is 5.97 Å². The number of fused-ring (bicyclic) bond motifs is 1. The molecule has 3 saturated heterocycles. The van der Waals surface area contributed by atoms with Gasteiger partial charge in [-0.3, -0.25) is 19.2 Å². The van der Waals surface area contributed by atoms with E-state index in [9.17, 15) is 24.3 Å². The molecule has 8 atom stereocenters. The molecule has 11 heteroatoms. The van der Waals surface area contributed by atoms with Crippen LogP contribution in [0.2, 0.25) is 0 Å². The molecule has 0 aromatic heterocycles. The van der Waals surface area contributed by atoms with Gasteiger partial charge in [-0.15, -0.1) is 13.2 Å². The van der Waals surface area contributed by atoms with Gasteiger partial charge in [-0.2, -0.15) is 0 Å². The number of nitrogens with one attached hydrogen (secondary N) is 1. The van der Waals surface area contributed by atoms with E-state index in [0.29, 0.717) is 24.9 Å². The first kappa shape index (κ1) is 34.8. The van der Waals surface area contributed by atoms with Crippen molar-refractivity contribution in [1.29, 1.82) is 0 Å². The standard InChI is InChI=1S/C34H46BrN3O7/c1-5-8-16-26(40)36-21-25(23-14-10-9-11-15-23)44-33(43)27-28-31(41)38(18-12-19-39)30(34(28)20-24(35)29(27)45-34)32(42)37(17-7-3)22(4)13-6-2/h5,7,9-11,14-15,22,24-25,27-30,39H,1,3,6,8,12-13,16-21H2,2,4H3,(H,36,40)/t22?,24?,25-,27+,28-,29+,30+,34-/m0/s1. The van der Waals surface area contributed by atoms with Crippen molar-refractivity contribution in [3.05, 3.63) is 61.2 Å². The van der Waals surface area contributed by atoms with Gasteiger partial charge in [0.1, 0.15) is 17.7 Å². The molecule has 2 unspecified atom stereocenters. The molecule has 10 nitrogen and oxygen atoms in total. The van der Waals surface area contributed by atoms with Gasteiger partial charge in [0.15, 0.2) is 0 Å². The summed E-state index contributed by atoms with van der Waals surface area (Å²) in [5.41, 5.74) is -0.539. The molecular weight excluding hydrogens is 642 g/mol. The zero-order chi connectivity index (χ0) is 32.7. The van der Waals surface area contributed by atoms with Gasteiger partial charge in [-0.05, 0) is 38.2 Å². The topological polar surface area (TPSA) is 125 Å². The second-order valence-corrected chi connectivity index (χ2v) is 13.3. The molecule has 3 amide bonds. The molecule has 1 aromatic rings. The summed E-state index contributed by atoms with van der Waals surface area (Å²) in [5, 5.41) is 12.5. The molecule has 0 saturated carbocycles. The highest BCUT2D eigenvalue weighted by atomic mass is 79.9. The fourth-order valence-electron chi connectivity index (χ4n) is 7.16. The Morgan fingerprint density at radius 3 is 2.64 bits per heavy atom. The fourth-order valence-corrected chi connectivity index (χ4v) is 8.10. The van der Waals surface area contributed by atoms with E-state index in [0.717, 1.165) is 12.8 Å². The maximum Gasteiger partial charge on any atom is 0.313 e. The lowest BCUT2D eigenvalue weighted by atomic mass is 9.70. The maximum atomic E-state index is 14.4. The molecule has 0 radical (unpaired) electrons. The predicted molar refractivity (Wildman–Crippen MR) is 173 cm³/mol. The quantitative estimate of drug-likeness (QED) is 0.145. The monoisotopic (exact) mass is 687 g/mol. The molecule has 4 rings (SSSR count). The van der Waals surface area contributed by atoms with Crippen LogP contribution in [-0.4, -0.2) is 93.5 Å². The number of aliphatic hydroxyl groups excluding tert-OH is 1. The Morgan fingerprint density at radius 2 is 2.00 bits per heavy atom. The Bertz CT molecular complexity index is 1250. The van der Waals surface area contributed by atoms with Crippen molar-refractivity contribution in [2.45, 2.75) is 87.1 Å². The van der Waals surface area contributed by atoms with Gasteiger partial charge < -0.3 is 29.7 Å². The van der Waals surface area contributed by atoms with E-state index in [1.807, 2.05) is 37.3 Å². The minimum absolute atomic E-state index is 0.0566. The number of likely N-dealkylation sites (tertiary alicyclic amines) is 1. The highest BCUT2D eigenvalue weighted by Gasteiger charge is 2.77. The van der Waals surface area contributed by atoms with Crippen LogP contribution in [-0.2, 0) is 28.7 Å². The summed E-state index contributed by atoms with van der Waals surface area (Å²) in [6.45, 7) is 11.9. The van der Waals surface area contributed by atoms with Crippen LogP contribution in [0.15, 0.2) is 55.6 Å². The number of hydrogen-bond donors (Lipinski definition) is 2. The number of nitrogens with zero attached hydrogens (tertiary/aromatic N) is 2. The van der Waals surface area contributed by atoms with Gasteiger partial charge in [0, 0.05) is 37.0 Å². The van der Waals surface area contributed by atoms with Crippen LogP contribution in [0.25, 0.3) is 0 Å². The van der Waals surface area contributed by atoms with Crippen LogP contribution in [0, 0.1) is 11.8 Å². The zero-order valence-electron chi connectivity index (χ0n) is 26.2. The third-order valence-electron chi connectivity index (χ3n) is 9.19. The number of amides is 3. The van der Waals surface area contributed by atoms with Crippen LogP contribution in [0.5, 0.6) is 0 Å². The number of esters is 1. The number of carbonyl (C=O) groups is 4. The lowest BCUT2D eigenvalue weighted by Gasteiger charge is -2.39. The number of aliphatic hydroxyl groups is 1. The fraction of sp³-hybridized carbons (Fsp3) is 0.588. The summed E-state index contributed by atoms with van der Waals surface area (Å²) < 4.78 is 12.7. The molecule has 246 valence electrons. The average Bonchev–Trinajstić information content (AvgIpc) is 3.62. The van der Waals surface area contributed by atoms with Crippen molar-refractivity contribution < 1.29 is 33.8 Å². The Balaban J connectivity index is 1.66. The van der Waals surface area contributed by atoms with Crippen molar-refractivity contribution in [2.75, 3.05) is 26.2 Å². The van der Waals surface area contributed by atoms with Crippen LogP contribution in [0.1, 0.15) is 64.0 Å². The lowest BCUT2D eigenvalue weighted by molar-refractivity contribution is -0.160. The molecule has 2 bridgehead atoms. The highest BCUT2D eigenvalue weighted by molar-refractivity contribution is 9.09. The van der Waals surface area contributed by atoms with E-state index in [-0.39, 0.29) is 61.1 Å². The van der Waals surface area contributed by atoms with E-state index >= 15 is 0 Å². The summed E-state index contributed by atoms with van der Waals surface area (Å²) >= 11 is 3.70. The Hall–Kier alpha value is -3.02. The van der Waals surface area contributed by atoms with Crippen molar-refractivity contribution in [3.8, 4) is 0 Å². The summed E-state index contributed by atoms with van der Waals surface area (Å²) in [7, 11) is 0. The number of hydrogen-bond acceptors (Lipinski definition) is 7. The third-order valence-corrected chi connectivity index (χ3v) is 10.0. The van der Waals surface area contributed by atoms with Crippen LogP contribution in [0.4, 0.5) is 0 Å². The average molecular weight is 689 g/mol. The molecule has 1 spiro atoms. The van der Waals surface area contributed by atoms with E-state index in [1.165, 1.54) is 4.90 Å². The third kappa shape index (κ3) is 7.05. The molecule has 3 fully saturated rings. The molecule has 3 aliphatic heterocycles. The van der Waals surface area contributed by atoms with E-state index in [4.69, 9.17) is 9.47 Å². The molecule has 1 aromatic carbocycles. The van der Waals surface area contributed by atoms with Crippen LogP contribution < -0.4 is 5.32 Å². The SMILES string of the molecule is C=CCCC(=O)NC[C@H](OC(=O)[C@H]1[C@@H]2O[C@@]3(CC2Br)[C@@H]1C(=O)N(CCCO)[C@@H]3C(=O)N(CC=C)C(C)CCC)c1ccccc1. The molecular formula is C34H46BrN3O7. The number of halogens is 1. The van der Waals surface area contributed by atoms with Gasteiger partial charge in [-0.1, -0.05) is 71.8 Å². The molecule has 45 heavy (non-hydrogen) atoms. The maximum absolute atomic E-state index is 14.4. The van der Waals surface area contributed by atoms with Crippen molar-refractivity contribution >= 4 is 39.6 Å². The van der Waals surface area contributed by atoms with Gasteiger partial charge in [0.2, 0.25) is 17.7 Å². The molecule has 0 aliphatic carbocycles. The largest absolute Gasteiger partial charge is 0.455 e. The summed E-state index contributed by atoms with van der Waals surface area (Å²) in [6.07, 6.45) is 4.95. The number of ether oxygens (including phenoxy) is 2. The first-order chi connectivity index (χ1) is 21.6. The minimum atomic E-state index is -1.24. The zero-order valence-corrected chi connectivity index (χ0v) is 27.8. The summed E-state index contributed by atoms with van der Waals surface area (Å²) in [6, 6.07) is 8.07. The molecule has 3 aliphatic rings. The number of benzene rings is 1. The normalized spacial score (nSPS) is 27.9. The highest BCUT2D eigenvalue weighted by Crippen LogP contribution is 2.60. The van der Waals surface area contributed by atoms with E-state index in [2.05, 4.69) is 41.3 Å². The Kier molecular flexibility index (Phi) is 12.0. The predicted octanol–water partition coefficient (Wildman–Crippen LogP) is 3.69.